The van der Waals surface area contributed by atoms with Crippen LogP contribution in [0.25, 0.3) is 4.85 Å². The summed E-state index contributed by atoms with van der Waals surface area (Å²) in [7, 11) is 0. The number of halogens is 1. The molecular formula is C28H29BrLiN5O. The number of hydrogen-bond acceptors (Lipinski definition) is 5. The number of ketones is 1. The fourth-order valence-corrected chi connectivity index (χ4v) is 2.54. The molecule has 0 saturated carbocycles. The second-order valence-electron chi connectivity index (χ2n) is 6.81. The van der Waals surface area contributed by atoms with Gasteiger partial charge in [-0.15, -0.1) is 0 Å². The first-order valence-corrected chi connectivity index (χ1v) is 11.6. The predicted octanol–water partition coefficient (Wildman–Crippen LogP) is 4.18. The molecule has 0 unspecified atom stereocenters. The van der Waals surface area contributed by atoms with Crippen LogP contribution in [0.1, 0.15) is 35.8 Å². The molecule has 180 valence electrons. The number of hydrogen-bond donors (Lipinski definition) is 2. The molecule has 0 aliphatic carbocycles. The molecule has 4 rings (SSSR count). The first-order valence-electron chi connectivity index (χ1n) is 10.8. The molecule has 2 aromatic heterocycles. The molecule has 0 spiro atoms. The summed E-state index contributed by atoms with van der Waals surface area (Å²) >= 11 is 3.20. The van der Waals surface area contributed by atoms with Gasteiger partial charge in [0.05, 0.1) is 6.57 Å². The van der Waals surface area contributed by atoms with Crippen LogP contribution in [0.5, 0.6) is 0 Å². The van der Waals surface area contributed by atoms with E-state index >= 15 is 0 Å². The fourth-order valence-electron chi connectivity index (χ4n) is 2.27. The van der Waals surface area contributed by atoms with E-state index < -0.39 is 0 Å². The number of rotatable bonds is 3. The van der Waals surface area contributed by atoms with Crippen molar-refractivity contribution in [1.82, 2.24) is 9.97 Å². The number of pyridine rings is 2. The molecule has 6 nitrogen and oxygen atoms in total. The molecular weight excluding hydrogens is 509 g/mol. The summed E-state index contributed by atoms with van der Waals surface area (Å²) in [5.41, 5.74) is 13.6. The molecule has 0 bridgehead atoms. The zero-order valence-corrected chi connectivity index (χ0v) is 22.2. The van der Waals surface area contributed by atoms with Gasteiger partial charge in [-0.05, 0) is 52.3 Å². The Morgan fingerprint density at radius 1 is 0.889 bits per heavy atom. The minimum absolute atomic E-state index is 0. The summed E-state index contributed by atoms with van der Waals surface area (Å²) in [6, 6.07) is 24.9. The van der Waals surface area contributed by atoms with Gasteiger partial charge in [-0.25, -0.2) is 9.83 Å². The molecule has 8 heteroatoms. The molecule has 2 aromatic carbocycles. The van der Waals surface area contributed by atoms with Gasteiger partial charge in [-0.2, -0.15) is 6.42 Å². The Kier molecular flexibility index (Phi) is 18.0. The number of nitrogens with two attached hydrogens (primary N) is 2. The molecule has 0 radical (unpaired) electrons. The third kappa shape index (κ3) is 12.9. The van der Waals surface area contributed by atoms with E-state index in [0.29, 0.717) is 28.3 Å². The molecule has 0 saturated heterocycles. The van der Waals surface area contributed by atoms with E-state index in [1.807, 2.05) is 24.3 Å². The van der Waals surface area contributed by atoms with Crippen molar-refractivity contribution in [3.8, 4) is 0 Å². The van der Waals surface area contributed by atoms with Crippen LogP contribution in [0.3, 0.4) is 0 Å². The van der Waals surface area contributed by atoms with E-state index in [9.17, 15) is 4.79 Å². The van der Waals surface area contributed by atoms with Gasteiger partial charge in [-0.3, -0.25) is 9.78 Å². The number of benzene rings is 2. The van der Waals surface area contributed by atoms with E-state index in [-0.39, 0.29) is 24.6 Å². The Bertz CT molecular complexity index is 1180. The predicted molar refractivity (Wildman–Crippen MR) is 148 cm³/mol. The Labute approximate surface area is 234 Å². The van der Waals surface area contributed by atoms with Crippen molar-refractivity contribution in [2.45, 2.75) is 19.8 Å². The maximum Gasteiger partial charge on any atom is 1.00 e. The molecule has 4 N–H and O–H groups in total. The maximum absolute atomic E-state index is 11.9. The molecule has 2 heterocycles. The third-order valence-electron chi connectivity index (χ3n) is 4.14. The zero-order chi connectivity index (χ0) is 25.9. The van der Waals surface area contributed by atoms with E-state index in [1.165, 1.54) is 6.42 Å². The van der Waals surface area contributed by atoms with Crippen molar-refractivity contribution < 1.29 is 23.7 Å². The number of carbonyl (C=O) groups excluding carboxylic acids is 1. The van der Waals surface area contributed by atoms with Crippen LogP contribution >= 0.6 is 15.9 Å². The summed E-state index contributed by atoms with van der Waals surface area (Å²) in [5, 5.41) is 0. The van der Waals surface area contributed by atoms with Crippen LogP contribution in [-0.2, 0) is 0 Å². The SMILES string of the molecule is Brc1ccccn1.Nc1ccccc1C(=O)c1ccccn1.[C-]#[N+]c1ccccc1N.[CH2-]CCC.[Li+]. The van der Waals surface area contributed by atoms with Gasteiger partial charge >= 0.3 is 18.9 Å². The van der Waals surface area contributed by atoms with Crippen molar-refractivity contribution >= 4 is 38.8 Å². The summed E-state index contributed by atoms with van der Waals surface area (Å²) in [4.78, 5) is 23.0. The average Bonchev–Trinajstić information content (AvgIpc) is 2.91. The molecule has 0 atom stereocenters. The van der Waals surface area contributed by atoms with Crippen LogP contribution < -0.4 is 30.3 Å². The van der Waals surface area contributed by atoms with Crippen LogP contribution in [0.4, 0.5) is 17.1 Å². The summed E-state index contributed by atoms with van der Waals surface area (Å²) in [6.45, 7) is 12.4. The summed E-state index contributed by atoms with van der Waals surface area (Å²) in [6.07, 6.45) is 5.61. The topological polar surface area (TPSA) is 99.2 Å². The van der Waals surface area contributed by atoms with Crippen molar-refractivity contribution in [3.63, 3.8) is 0 Å². The Hall–Kier alpha value is -3.42. The molecule has 0 aliphatic heterocycles. The van der Waals surface area contributed by atoms with Crippen LogP contribution in [-0.4, -0.2) is 15.8 Å². The van der Waals surface area contributed by atoms with E-state index in [2.05, 4.69) is 44.6 Å². The number of aromatic nitrogens is 2. The normalized spacial score (nSPS) is 8.72. The van der Waals surface area contributed by atoms with E-state index in [4.69, 9.17) is 18.0 Å². The first kappa shape index (κ1) is 32.6. The van der Waals surface area contributed by atoms with Crippen molar-refractivity contribution in [1.29, 1.82) is 0 Å². The van der Waals surface area contributed by atoms with Crippen molar-refractivity contribution in [2.24, 2.45) is 0 Å². The monoisotopic (exact) mass is 537 g/mol. The Balaban J connectivity index is 0.000000501. The standard InChI is InChI=1S/C12H10N2O.C7H6N2.C5H4BrN.C4H9.Li/c13-10-6-2-1-5-9(10)12(15)11-7-3-4-8-14-11;1-9-7-5-3-2-4-6(7)8;6-5-3-1-2-4-7-5;1-3-4-2;/h1-8H,13H2;2-5H,8H2;1-4H;1,3-4H2,2H3;/q;;;-1;+1. The number of para-hydroxylation sites is 3. The number of carbonyl (C=O) groups is 1. The molecule has 0 fully saturated rings. The largest absolute Gasteiger partial charge is 1.00 e. The molecule has 0 aliphatic rings. The van der Waals surface area contributed by atoms with Gasteiger partial charge in [0.25, 0.3) is 0 Å². The fraction of sp³-hybridized carbons (Fsp3) is 0.107. The number of nitrogens with zero attached hydrogens (tertiary/aromatic N) is 3. The Morgan fingerprint density at radius 2 is 1.42 bits per heavy atom. The number of nitrogen functional groups attached to an aromatic ring is 2. The van der Waals surface area contributed by atoms with Crippen molar-refractivity contribution in [3.05, 3.63) is 132 Å². The summed E-state index contributed by atoms with van der Waals surface area (Å²) in [5.74, 6) is -0.145. The second kappa shape index (κ2) is 19.8. The van der Waals surface area contributed by atoms with Gasteiger partial charge in [0, 0.05) is 29.3 Å². The maximum atomic E-state index is 11.9. The minimum atomic E-state index is -0.145. The van der Waals surface area contributed by atoms with E-state index in [0.717, 1.165) is 11.0 Å². The van der Waals surface area contributed by atoms with Gasteiger partial charge in [0.15, 0.2) is 0 Å². The third-order valence-corrected chi connectivity index (χ3v) is 4.61. The smallest absolute Gasteiger partial charge is 0.407 e. The van der Waals surface area contributed by atoms with Gasteiger partial charge in [0.2, 0.25) is 11.5 Å². The van der Waals surface area contributed by atoms with Crippen LogP contribution in [0.15, 0.2) is 102 Å². The molecule has 0 amide bonds. The molecule has 36 heavy (non-hydrogen) atoms. The Morgan fingerprint density at radius 3 is 1.81 bits per heavy atom. The quantitative estimate of drug-likeness (QED) is 0.134. The van der Waals surface area contributed by atoms with Gasteiger partial charge < -0.3 is 18.4 Å². The zero-order valence-electron chi connectivity index (χ0n) is 20.6. The number of unbranched alkanes of at least 4 members (excludes halogenated alkanes) is 1. The number of anilines is 2. The molecule has 4 aromatic rings. The summed E-state index contributed by atoms with van der Waals surface area (Å²) < 4.78 is 0.884. The van der Waals surface area contributed by atoms with Crippen LogP contribution in [0, 0.1) is 13.5 Å². The van der Waals surface area contributed by atoms with E-state index in [1.54, 1.807) is 73.1 Å². The minimum Gasteiger partial charge on any atom is -0.407 e. The van der Waals surface area contributed by atoms with Crippen molar-refractivity contribution in [2.75, 3.05) is 11.5 Å². The first-order chi connectivity index (χ1) is 16.9. The van der Waals surface area contributed by atoms with Gasteiger partial charge in [0.1, 0.15) is 10.3 Å². The average molecular weight is 538 g/mol. The second-order valence-corrected chi connectivity index (χ2v) is 7.62. The van der Waals surface area contributed by atoms with Crippen LogP contribution in [0.2, 0.25) is 0 Å². The van der Waals surface area contributed by atoms with Gasteiger partial charge in [-0.1, -0.05) is 61.9 Å².